The summed E-state index contributed by atoms with van der Waals surface area (Å²) in [6.45, 7) is 2.74. The zero-order valence-corrected chi connectivity index (χ0v) is 13.0. The maximum atomic E-state index is 13.5. The van der Waals surface area contributed by atoms with E-state index in [4.69, 9.17) is 23.2 Å². The summed E-state index contributed by atoms with van der Waals surface area (Å²) in [6.07, 6.45) is 0.901. The van der Waals surface area contributed by atoms with Gasteiger partial charge in [-0.2, -0.15) is 0 Å². The molecule has 5 heteroatoms. The van der Waals surface area contributed by atoms with E-state index in [0.29, 0.717) is 17.1 Å². The van der Waals surface area contributed by atoms with Crippen molar-refractivity contribution in [3.8, 4) is 0 Å². The summed E-state index contributed by atoms with van der Waals surface area (Å²) in [5.74, 6) is -0.856. The Balaban J connectivity index is 2.46. The number of halogens is 4. The second-order valence-electron chi connectivity index (χ2n) is 4.73. The van der Waals surface area contributed by atoms with E-state index in [-0.39, 0.29) is 16.9 Å². The second kappa shape index (κ2) is 7.21. The Bertz CT molecular complexity index is 632. The van der Waals surface area contributed by atoms with Gasteiger partial charge in [-0.25, -0.2) is 8.78 Å². The van der Waals surface area contributed by atoms with E-state index in [9.17, 15) is 8.78 Å². The summed E-state index contributed by atoms with van der Waals surface area (Å²) in [7, 11) is 0. The first-order chi connectivity index (χ1) is 10.0. The van der Waals surface area contributed by atoms with Crippen LogP contribution in [0.15, 0.2) is 36.4 Å². The van der Waals surface area contributed by atoms with E-state index in [1.54, 1.807) is 6.07 Å². The molecule has 0 amide bonds. The number of hydrogen-bond acceptors (Lipinski definition) is 1. The maximum Gasteiger partial charge on any atom is 0.141 e. The van der Waals surface area contributed by atoms with Crippen LogP contribution in [0.1, 0.15) is 30.5 Å². The molecule has 0 aliphatic rings. The molecule has 0 bridgehead atoms. The zero-order chi connectivity index (χ0) is 15.4. The average Bonchev–Trinajstić information content (AvgIpc) is 2.46. The maximum absolute atomic E-state index is 13.5. The first-order valence-corrected chi connectivity index (χ1v) is 7.41. The predicted octanol–water partition coefficient (Wildman–Crippen LogP) is 5.36. The standard InChI is InChI=1S/C16H15Cl2F2N/c1-2-7-21-16(10-3-6-15(20)14(18)8-10)12-9-11(19)4-5-13(12)17/h3-6,8-9,16,21H,2,7H2,1H3. The van der Waals surface area contributed by atoms with Gasteiger partial charge in [-0.05, 0) is 54.4 Å². The lowest BCUT2D eigenvalue weighted by Gasteiger charge is -2.21. The van der Waals surface area contributed by atoms with E-state index in [1.807, 2.05) is 6.92 Å². The van der Waals surface area contributed by atoms with Crippen LogP contribution in [0, 0.1) is 11.6 Å². The van der Waals surface area contributed by atoms with Crippen molar-refractivity contribution in [2.45, 2.75) is 19.4 Å². The van der Waals surface area contributed by atoms with Gasteiger partial charge >= 0.3 is 0 Å². The van der Waals surface area contributed by atoms with Crippen molar-refractivity contribution in [3.63, 3.8) is 0 Å². The van der Waals surface area contributed by atoms with E-state index < -0.39 is 5.82 Å². The molecule has 0 aromatic heterocycles. The molecule has 0 aliphatic heterocycles. The lowest BCUT2D eigenvalue weighted by atomic mass is 9.98. The van der Waals surface area contributed by atoms with Crippen LogP contribution in [0.3, 0.4) is 0 Å². The highest BCUT2D eigenvalue weighted by atomic mass is 35.5. The van der Waals surface area contributed by atoms with Crippen LogP contribution < -0.4 is 5.32 Å². The molecule has 1 atom stereocenters. The Kier molecular flexibility index (Phi) is 5.57. The number of nitrogens with one attached hydrogen (secondary N) is 1. The Hall–Kier alpha value is -1.16. The molecule has 2 aromatic carbocycles. The van der Waals surface area contributed by atoms with Gasteiger partial charge in [-0.3, -0.25) is 0 Å². The first-order valence-electron chi connectivity index (χ1n) is 6.66. The summed E-state index contributed by atoms with van der Waals surface area (Å²) >= 11 is 12.0. The Morgan fingerprint density at radius 2 is 1.81 bits per heavy atom. The lowest BCUT2D eigenvalue weighted by Crippen LogP contribution is -2.23. The van der Waals surface area contributed by atoms with Gasteiger partial charge in [0.15, 0.2) is 0 Å². The van der Waals surface area contributed by atoms with Crippen molar-refractivity contribution in [2.24, 2.45) is 0 Å². The number of benzene rings is 2. The van der Waals surface area contributed by atoms with Crippen molar-refractivity contribution >= 4 is 23.2 Å². The van der Waals surface area contributed by atoms with Gasteiger partial charge in [0, 0.05) is 5.02 Å². The van der Waals surface area contributed by atoms with Crippen molar-refractivity contribution < 1.29 is 8.78 Å². The fraction of sp³-hybridized carbons (Fsp3) is 0.250. The molecule has 0 spiro atoms. The third-order valence-corrected chi connectivity index (χ3v) is 3.78. The van der Waals surface area contributed by atoms with Crippen LogP contribution in [0.4, 0.5) is 8.78 Å². The molecule has 1 N–H and O–H groups in total. The van der Waals surface area contributed by atoms with Gasteiger partial charge in [0.1, 0.15) is 11.6 Å². The van der Waals surface area contributed by atoms with Crippen LogP contribution in [0.25, 0.3) is 0 Å². The molecule has 112 valence electrons. The quantitative estimate of drug-likeness (QED) is 0.778. The highest BCUT2D eigenvalue weighted by molar-refractivity contribution is 6.31. The molecule has 0 saturated carbocycles. The normalized spacial score (nSPS) is 12.4. The second-order valence-corrected chi connectivity index (χ2v) is 5.54. The van der Waals surface area contributed by atoms with E-state index in [2.05, 4.69) is 5.32 Å². The summed E-state index contributed by atoms with van der Waals surface area (Å²) in [6, 6.07) is 8.31. The third kappa shape index (κ3) is 3.94. The topological polar surface area (TPSA) is 12.0 Å². The predicted molar refractivity (Wildman–Crippen MR) is 83.0 cm³/mol. The number of hydrogen-bond donors (Lipinski definition) is 1. The minimum atomic E-state index is -0.486. The van der Waals surface area contributed by atoms with Crippen molar-refractivity contribution in [1.29, 1.82) is 0 Å². The van der Waals surface area contributed by atoms with Crippen LogP contribution in [0.5, 0.6) is 0 Å². The Labute approximate surface area is 132 Å². The summed E-state index contributed by atoms with van der Waals surface area (Å²) in [4.78, 5) is 0. The minimum absolute atomic E-state index is 0.0309. The minimum Gasteiger partial charge on any atom is -0.306 e. The van der Waals surface area contributed by atoms with Gasteiger partial charge in [0.25, 0.3) is 0 Å². The van der Waals surface area contributed by atoms with Gasteiger partial charge in [0.05, 0.1) is 11.1 Å². The summed E-state index contributed by atoms with van der Waals surface area (Å²) < 4.78 is 26.8. The highest BCUT2D eigenvalue weighted by Gasteiger charge is 2.18. The SMILES string of the molecule is CCCNC(c1ccc(F)c(Cl)c1)c1cc(F)ccc1Cl. The molecule has 0 aliphatic carbocycles. The van der Waals surface area contributed by atoms with E-state index in [0.717, 1.165) is 12.0 Å². The fourth-order valence-corrected chi connectivity index (χ4v) is 2.54. The molecule has 21 heavy (non-hydrogen) atoms. The molecule has 0 saturated heterocycles. The summed E-state index contributed by atoms with van der Waals surface area (Å²) in [5, 5.41) is 3.76. The monoisotopic (exact) mass is 329 g/mol. The van der Waals surface area contributed by atoms with Gasteiger partial charge in [0.2, 0.25) is 0 Å². The summed E-state index contributed by atoms with van der Waals surface area (Å²) in [5.41, 5.74) is 1.34. The molecule has 2 rings (SSSR count). The van der Waals surface area contributed by atoms with Gasteiger partial charge in [-0.15, -0.1) is 0 Å². The Morgan fingerprint density at radius 1 is 1.05 bits per heavy atom. The molecule has 2 aromatic rings. The zero-order valence-electron chi connectivity index (χ0n) is 11.5. The average molecular weight is 330 g/mol. The highest BCUT2D eigenvalue weighted by Crippen LogP contribution is 2.31. The Morgan fingerprint density at radius 3 is 2.48 bits per heavy atom. The first kappa shape index (κ1) is 16.2. The molecule has 0 radical (unpaired) electrons. The fourth-order valence-electron chi connectivity index (χ4n) is 2.12. The van der Waals surface area contributed by atoms with E-state index >= 15 is 0 Å². The molecular formula is C16H15Cl2F2N. The molecular weight excluding hydrogens is 315 g/mol. The molecule has 1 nitrogen and oxygen atoms in total. The van der Waals surface area contributed by atoms with Crippen LogP contribution in [-0.4, -0.2) is 6.54 Å². The van der Waals surface area contributed by atoms with Crippen LogP contribution >= 0.6 is 23.2 Å². The molecule has 1 unspecified atom stereocenters. The van der Waals surface area contributed by atoms with Crippen molar-refractivity contribution in [2.75, 3.05) is 6.54 Å². The van der Waals surface area contributed by atoms with Crippen molar-refractivity contribution in [1.82, 2.24) is 5.32 Å². The third-order valence-electron chi connectivity index (χ3n) is 3.14. The molecule has 0 fully saturated rings. The van der Waals surface area contributed by atoms with E-state index in [1.165, 1.54) is 30.3 Å². The van der Waals surface area contributed by atoms with Gasteiger partial charge in [-0.1, -0.05) is 36.2 Å². The number of rotatable bonds is 5. The lowest BCUT2D eigenvalue weighted by molar-refractivity contribution is 0.582. The molecule has 0 heterocycles. The van der Waals surface area contributed by atoms with Crippen molar-refractivity contribution in [3.05, 3.63) is 69.2 Å². The van der Waals surface area contributed by atoms with Crippen LogP contribution in [-0.2, 0) is 0 Å². The smallest absolute Gasteiger partial charge is 0.141 e. The largest absolute Gasteiger partial charge is 0.306 e. The van der Waals surface area contributed by atoms with Gasteiger partial charge < -0.3 is 5.32 Å². The van der Waals surface area contributed by atoms with Crippen LogP contribution in [0.2, 0.25) is 10.0 Å².